The first kappa shape index (κ1) is 31.2. The molecular weight excluding hydrogens is 653 g/mol. The van der Waals surface area contributed by atoms with E-state index in [1.54, 1.807) is 0 Å². The summed E-state index contributed by atoms with van der Waals surface area (Å²) in [6, 6.07) is 64.0. The number of rotatable bonds is 4. The summed E-state index contributed by atoms with van der Waals surface area (Å²) in [6.45, 7) is 2.03. The van der Waals surface area contributed by atoms with Crippen LogP contribution in [0.5, 0.6) is 0 Å². The van der Waals surface area contributed by atoms with E-state index in [-0.39, 0.29) is 0 Å². The van der Waals surface area contributed by atoms with Gasteiger partial charge >= 0.3 is 0 Å². The van der Waals surface area contributed by atoms with E-state index in [0.717, 1.165) is 38.8 Å². The predicted octanol–water partition coefficient (Wildman–Crippen LogP) is 13.8. The van der Waals surface area contributed by atoms with Gasteiger partial charge in [-0.1, -0.05) is 121 Å². The largest absolute Gasteiger partial charge is 0.341 e. The average molecular weight is 693 g/mol. The summed E-state index contributed by atoms with van der Waals surface area (Å²) < 4.78 is 0. The van der Waals surface area contributed by atoms with Gasteiger partial charge in [0.05, 0.1) is 0 Å². The zero-order valence-electron chi connectivity index (χ0n) is 30.3. The van der Waals surface area contributed by atoms with Crippen LogP contribution in [-0.2, 0) is 12.8 Å². The van der Waals surface area contributed by atoms with Gasteiger partial charge in [0.2, 0.25) is 0 Å². The van der Waals surface area contributed by atoms with Gasteiger partial charge in [-0.15, -0.1) is 0 Å². The van der Waals surface area contributed by atoms with Crippen LogP contribution in [0.1, 0.15) is 24.0 Å². The molecule has 2 nitrogen and oxygen atoms in total. The second-order valence-electron chi connectivity index (χ2n) is 15.1. The molecule has 0 bridgehead atoms. The van der Waals surface area contributed by atoms with E-state index in [4.69, 9.17) is 0 Å². The highest BCUT2D eigenvalue weighted by atomic mass is 15.1. The first-order chi connectivity index (χ1) is 26.8. The third kappa shape index (κ3) is 5.09. The van der Waals surface area contributed by atoms with Crippen molar-refractivity contribution in [3.63, 3.8) is 0 Å². The number of para-hydroxylation sites is 2. The first-order valence-electron chi connectivity index (χ1n) is 19.5. The average Bonchev–Trinajstić information content (AvgIpc) is 3.24. The van der Waals surface area contributed by atoms with Crippen LogP contribution in [0, 0.1) is 0 Å². The molecule has 2 heterocycles. The number of hydrogen-bond acceptors (Lipinski definition) is 2. The third-order valence-electron chi connectivity index (χ3n) is 12.0. The van der Waals surface area contributed by atoms with Crippen LogP contribution in [0.2, 0.25) is 0 Å². The van der Waals surface area contributed by atoms with Gasteiger partial charge in [0.1, 0.15) is 0 Å². The standard InChI is InChI=1S/C52H40N2/c1-3-15-39-31-41(23-21-35(39)11-1)51-45-27-25-44(54-30-10-18-38-14-6-8-20-50(38)54)34-48(45)52(42-24-22-36-12-2-4-16-40(36)32-42)46-28-26-43(33-47(46)51)53-29-9-17-37-13-5-7-19-49(37)53/h1-8,11-16,19-28,31-34H,9-10,17-18,29-30H2. The quantitative estimate of drug-likeness (QED) is 0.169. The van der Waals surface area contributed by atoms with E-state index in [9.17, 15) is 0 Å². The number of hydrogen-bond donors (Lipinski definition) is 0. The first-order valence-corrected chi connectivity index (χ1v) is 19.5. The Morgan fingerprint density at radius 2 is 0.759 bits per heavy atom. The van der Waals surface area contributed by atoms with Crippen molar-refractivity contribution in [2.75, 3.05) is 22.9 Å². The lowest BCUT2D eigenvalue weighted by atomic mass is 9.84. The second-order valence-corrected chi connectivity index (χ2v) is 15.1. The van der Waals surface area contributed by atoms with Gasteiger partial charge in [-0.25, -0.2) is 0 Å². The Kier molecular flexibility index (Phi) is 7.30. The molecule has 54 heavy (non-hydrogen) atoms. The Morgan fingerprint density at radius 3 is 1.24 bits per heavy atom. The van der Waals surface area contributed by atoms with Crippen molar-refractivity contribution in [3.8, 4) is 22.3 Å². The van der Waals surface area contributed by atoms with Gasteiger partial charge in [0.25, 0.3) is 0 Å². The minimum atomic E-state index is 1.01. The predicted molar refractivity (Wildman–Crippen MR) is 231 cm³/mol. The fraction of sp³-hybridized carbons (Fsp3) is 0.115. The fourth-order valence-corrected chi connectivity index (χ4v) is 9.46. The molecule has 0 saturated carbocycles. The monoisotopic (exact) mass is 692 g/mol. The van der Waals surface area contributed by atoms with Gasteiger partial charge in [0.15, 0.2) is 0 Å². The number of anilines is 4. The molecule has 0 aromatic heterocycles. The minimum Gasteiger partial charge on any atom is -0.341 e. The number of benzene rings is 9. The Balaban J connectivity index is 1.24. The topological polar surface area (TPSA) is 6.48 Å². The lowest BCUT2D eigenvalue weighted by molar-refractivity contribution is 0.767. The molecule has 0 radical (unpaired) electrons. The Bertz CT molecular complexity index is 2720. The third-order valence-corrected chi connectivity index (χ3v) is 12.0. The molecule has 0 atom stereocenters. The molecule has 2 aliphatic heterocycles. The molecule has 258 valence electrons. The van der Waals surface area contributed by atoms with Gasteiger partial charge < -0.3 is 9.80 Å². The maximum atomic E-state index is 2.54. The highest BCUT2D eigenvalue weighted by molar-refractivity contribution is 6.23. The molecule has 0 spiro atoms. The molecule has 0 fully saturated rings. The molecule has 9 aromatic rings. The molecule has 2 aliphatic rings. The van der Waals surface area contributed by atoms with E-state index in [0.29, 0.717) is 0 Å². The van der Waals surface area contributed by atoms with Gasteiger partial charge in [-0.05, 0) is 151 Å². The van der Waals surface area contributed by atoms with Crippen LogP contribution in [-0.4, -0.2) is 13.1 Å². The summed E-state index contributed by atoms with van der Waals surface area (Å²) in [6.07, 6.45) is 4.55. The van der Waals surface area contributed by atoms with Crippen molar-refractivity contribution in [2.45, 2.75) is 25.7 Å². The maximum absolute atomic E-state index is 2.54. The van der Waals surface area contributed by atoms with Crippen LogP contribution in [0.4, 0.5) is 22.7 Å². The van der Waals surface area contributed by atoms with Crippen molar-refractivity contribution in [3.05, 3.63) is 181 Å². The normalized spacial score (nSPS) is 14.1. The molecular formula is C52H40N2. The van der Waals surface area contributed by atoms with Gasteiger partial charge in [-0.3, -0.25) is 0 Å². The molecule has 9 aromatic carbocycles. The van der Waals surface area contributed by atoms with Crippen LogP contribution in [0.3, 0.4) is 0 Å². The molecule has 0 unspecified atom stereocenters. The summed E-state index contributed by atoms with van der Waals surface area (Å²) in [5, 5.41) is 10.2. The van der Waals surface area contributed by atoms with E-state index < -0.39 is 0 Å². The summed E-state index contributed by atoms with van der Waals surface area (Å²) in [4.78, 5) is 5.08. The zero-order chi connectivity index (χ0) is 35.6. The van der Waals surface area contributed by atoms with Crippen molar-refractivity contribution in [1.29, 1.82) is 0 Å². The molecule has 0 amide bonds. The van der Waals surface area contributed by atoms with E-state index in [1.807, 2.05) is 0 Å². The highest BCUT2D eigenvalue weighted by Gasteiger charge is 2.24. The Hall–Kier alpha value is -6.38. The lowest BCUT2D eigenvalue weighted by Gasteiger charge is -2.32. The number of nitrogens with zero attached hydrogens (tertiary/aromatic N) is 2. The molecule has 0 N–H and O–H groups in total. The van der Waals surface area contributed by atoms with Gasteiger partial charge in [-0.2, -0.15) is 0 Å². The smallest absolute Gasteiger partial charge is 0.0443 e. The van der Waals surface area contributed by atoms with Crippen LogP contribution in [0.15, 0.2) is 170 Å². The molecule has 0 aliphatic carbocycles. The van der Waals surface area contributed by atoms with Crippen molar-refractivity contribution in [2.24, 2.45) is 0 Å². The van der Waals surface area contributed by atoms with E-state index in [2.05, 4.69) is 180 Å². The maximum Gasteiger partial charge on any atom is 0.0443 e. The van der Waals surface area contributed by atoms with Crippen molar-refractivity contribution >= 4 is 65.8 Å². The molecule has 2 heteroatoms. The van der Waals surface area contributed by atoms with Crippen LogP contribution in [0.25, 0.3) is 65.3 Å². The van der Waals surface area contributed by atoms with E-state index >= 15 is 0 Å². The van der Waals surface area contributed by atoms with Crippen molar-refractivity contribution in [1.82, 2.24) is 0 Å². The SMILES string of the molecule is c1ccc2c(c1)CCCN2c1ccc2c(-c3ccc4ccccc4c3)c3cc(N4CCCc5ccccc54)ccc3c(-c3ccc4ccccc4c3)c2c1. The van der Waals surface area contributed by atoms with E-state index in [1.165, 1.54) is 99.2 Å². The van der Waals surface area contributed by atoms with Crippen LogP contribution >= 0.6 is 0 Å². The minimum absolute atomic E-state index is 1.01. The highest BCUT2D eigenvalue weighted by Crippen LogP contribution is 2.48. The summed E-state index contributed by atoms with van der Waals surface area (Å²) in [5.41, 5.74) is 13.1. The Labute approximate surface area is 316 Å². The van der Waals surface area contributed by atoms with Crippen molar-refractivity contribution < 1.29 is 0 Å². The van der Waals surface area contributed by atoms with Gasteiger partial charge in [0, 0.05) is 35.8 Å². The van der Waals surface area contributed by atoms with Crippen LogP contribution < -0.4 is 9.80 Å². The molecule has 11 rings (SSSR count). The summed E-state index contributed by atoms with van der Waals surface area (Å²) in [5.74, 6) is 0. The number of aryl methyl sites for hydroxylation is 2. The second kappa shape index (κ2) is 12.6. The fourth-order valence-electron chi connectivity index (χ4n) is 9.46. The Morgan fingerprint density at radius 1 is 0.333 bits per heavy atom. The summed E-state index contributed by atoms with van der Waals surface area (Å²) >= 11 is 0. The lowest BCUT2D eigenvalue weighted by Crippen LogP contribution is -2.24. The molecule has 0 saturated heterocycles. The number of fused-ring (bicyclic) bond motifs is 6. The zero-order valence-corrected chi connectivity index (χ0v) is 30.3. The summed E-state index contributed by atoms with van der Waals surface area (Å²) in [7, 11) is 0.